The van der Waals surface area contributed by atoms with Crippen molar-refractivity contribution in [1.82, 2.24) is 20.9 Å². The molecule has 0 radical (unpaired) electrons. The van der Waals surface area contributed by atoms with E-state index in [4.69, 9.17) is 9.84 Å². The molecule has 2 aromatic rings. The van der Waals surface area contributed by atoms with Crippen LogP contribution in [0, 0.1) is 0 Å². The smallest absolute Gasteiger partial charge is 0.408 e. The summed E-state index contributed by atoms with van der Waals surface area (Å²) in [6.45, 7) is 5.97. The topological polar surface area (TPSA) is 150 Å². The second kappa shape index (κ2) is 9.96. The van der Waals surface area contributed by atoms with E-state index in [0.29, 0.717) is 0 Å². The number of carbonyl (C=O) groups is 4. The molecule has 0 fully saturated rings. The van der Waals surface area contributed by atoms with Gasteiger partial charge in [0.25, 0.3) is 0 Å². The molecule has 0 aliphatic carbocycles. The Morgan fingerprint density at radius 1 is 1.10 bits per heavy atom. The summed E-state index contributed by atoms with van der Waals surface area (Å²) in [7, 11) is 0. The molecule has 1 heterocycles. The Kier molecular flexibility index (Phi) is 7.62. The lowest BCUT2D eigenvalue weighted by Gasteiger charge is -2.24. The van der Waals surface area contributed by atoms with Crippen LogP contribution in [0.15, 0.2) is 30.5 Å². The Morgan fingerprint density at radius 3 is 2.42 bits per heavy atom. The number of H-pyrrole nitrogens is 1. The number of aliphatic carboxylic acids is 1. The molecule has 2 rings (SSSR count). The number of alkyl carbamates (subject to hydrolysis) is 1. The molecule has 1 aromatic heterocycles. The molecule has 2 atom stereocenters. The second-order valence-corrected chi connectivity index (χ2v) is 8.10. The Balaban J connectivity index is 2.16. The van der Waals surface area contributed by atoms with E-state index in [9.17, 15) is 19.2 Å². The van der Waals surface area contributed by atoms with Gasteiger partial charge in [-0.1, -0.05) is 18.2 Å². The maximum Gasteiger partial charge on any atom is 0.408 e. The first-order valence-corrected chi connectivity index (χ1v) is 9.80. The molecule has 0 aliphatic heterocycles. The van der Waals surface area contributed by atoms with E-state index >= 15 is 0 Å². The predicted molar refractivity (Wildman–Crippen MR) is 113 cm³/mol. The van der Waals surface area contributed by atoms with Crippen molar-refractivity contribution in [2.24, 2.45) is 0 Å². The zero-order chi connectivity index (χ0) is 23.2. The van der Waals surface area contributed by atoms with Crippen molar-refractivity contribution in [3.05, 3.63) is 36.0 Å². The molecule has 0 saturated carbocycles. The number of para-hydroxylation sites is 1. The van der Waals surface area contributed by atoms with Crippen molar-refractivity contribution >= 4 is 34.8 Å². The number of ether oxygens (including phenoxy) is 1. The van der Waals surface area contributed by atoms with E-state index < -0.39 is 48.1 Å². The third-order valence-corrected chi connectivity index (χ3v) is 4.27. The normalized spacial score (nSPS) is 13.2. The van der Waals surface area contributed by atoms with Crippen LogP contribution in [0.25, 0.3) is 10.9 Å². The molecule has 31 heavy (non-hydrogen) atoms. The summed E-state index contributed by atoms with van der Waals surface area (Å²) in [5.41, 5.74) is 0.931. The van der Waals surface area contributed by atoms with Gasteiger partial charge < -0.3 is 30.8 Å². The van der Waals surface area contributed by atoms with Gasteiger partial charge in [-0.25, -0.2) is 4.79 Å². The Hall–Kier alpha value is -3.56. The van der Waals surface area contributed by atoms with Gasteiger partial charge in [0.2, 0.25) is 11.8 Å². The van der Waals surface area contributed by atoms with E-state index in [1.807, 2.05) is 24.3 Å². The molecule has 10 nitrogen and oxygen atoms in total. The third kappa shape index (κ3) is 7.32. The zero-order valence-electron chi connectivity index (χ0n) is 17.9. The number of carboxylic acids is 1. The van der Waals surface area contributed by atoms with Gasteiger partial charge in [0.1, 0.15) is 24.2 Å². The molecule has 0 bridgehead atoms. The Bertz CT molecular complexity index is 962. The Morgan fingerprint density at radius 2 is 1.77 bits per heavy atom. The fourth-order valence-corrected chi connectivity index (χ4v) is 2.87. The minimum atomic E-state index is -1.20. The van der Waals surface area contributed by atoms with Gasteiger partial charge in [-0.05, 0) is 39.3 Å². The van der Waals surface area contributed by atoms with E-state index in [1.165, 1.54) is 6.92 Å². The highest BCUT2D eigenvalue weighted by atomic mass is 16.6. The van der Waals surface area contributed by atoms with Crippen LogP contribution in [-0.2, 0) is 25.5 Å². The summed E-state index contributed by atoms with van der Waals surface area (Å²) >= 11 is 0. The SMILES string of the molecule is C[C@H](NC(=O)[C@H](Cc1c[nH]c2ccccc12)NC(=O)OC(C)(C)C)C(=O)NCC(=O)O. The molecular formula is C21H28N4O6. The number of hydrogen-bond donors (Lipinski definition) is 5. The number of amides is 3. The minimum absolute atomic E-state index is 0.151. The number of fused-ring (bicyclic) bond motifs is 1. The molecule has 3 amide bonds. The maximum absolute atomic E-state index is 12.9. The van der Waals surface area contributed by atoms with Crippen LogP contribution >= 0.6 is 0 Å². The van der Waals surface area contributed by atoms with Crippen LogP contribution < -0.4 is 16.0 Å². The lowest BCUT2D eigenvalue weighted by Crippen LogP contribution is -2.54. The van der Waals surface area contributed by atoms with Crippen molar-refractivity contribution < 1.29 is 29.0 Å². The van der Waals surface area contributed by atoms with E-state index in [1.54, 1.807) is 27.0 Å². The van der Waals surface area contributed by atoms with Gasteiger partial charge in [-0.3, -0.25) is 14.4 Å². The van der Waals surface area contributed by atoms with Gasteiger partial charge in [0.15, 0.2) is 0 Å². The van der Waals surface area contributed by atoms with E-state index in [-0.39, 0.29) is 6.42 Å². The summed E-state index contributed by atoms with van der Waals surface area (Å²) in [5.74, 6) is -2.45. The lowest BCUT2D eigenvalue weighted by molar-refractivity contribution is -0.138. The quantitative estimate of drug-likeness (QED) is 0.424. The molecule has 1 aromatic carbocycles. The second-order valence-electron chi connectivity index (χ2n) is 8.10. The highest BCUT2D eigenvalue weighted by Crippen LogP contribution is 2.19. The molecule has 10 heteroatoms. The van der Waals surface area contributed by atoms with Crippen molar-refractivity contribution in [2.45, 2.75) is 51.8 Å². The van der Waals surface area contributed by atoms with Gasteiger partial charge in [0, 0.05) is 23.5 Å². The van der Waals surface area contributed by atoms with Gasteiger partial charge in [-0.2, -0.15) is 0 Å². The van der Waals surface area contributed by atoms with Crippen molar-refractivity contribution in [3.8, 4) is 0 Å². The lowest BCUT2D eigenvalue weighted by atomic mass is 10.0. The number of nitrogens with one attached hydrogen (secondary N) is 4. The summed E-state index contributed by atoms with van der Waals surface area (Å²) in [5, 5.41) is 16.8. The summed E-state index contributed by atoms with van der Waals surface area (Å²) in [6.07, 6.45) is 1.14. The molecule has 0 saturated heterocycles. The first-order chi connectivity index (χ1) is 14.5. The number of hydrogen-bond acceptors (Lipinski definition) is 5. The van der Waals surface area contributed by atoms with Gasteiger partial charge in [-0.15, -0.1) is 0 Å². The fourth-order valence-electron chi connectivity index (χ4n) is 2.87. The monoisotopic (exact) mass is 432 g/mol. The van der Waals surface area contributed by atoms with Crippen LogP contribution in [0.1, 0.15) is 33.3 Å². The van der Waals surface area contributed by atoms with Crippen LogP contribution in [-0.4, -0.2) is 58.2 Å². The van der Waals surface area contributed by atoms with Gasteiger partial charge >= 0.3 is 12.1 Å². The van der Waals surface area contributed by atoms with Crippen LogP contribution in [0.2, 0.25) is 0 Å². The van der Waals surface area contributed by atoms with Crippen molar-refractivity contribution in [2.75, 3.05) is 6.54 Å². The number of aromatic nitrogens is 1. The number of rotatable bonds is 8. The average Bonchev–Trinajstić information content (AvgIpc) is 3.07. The molecular weight excluding hydrogens is 404 g/mol. The number of benzene rings is 1. The number of aromatic amines is 1. The third-order valence-electron chi connectivity index (χ3n) is 4.27. The van der Waals surface area contributed by atoms with Crippen molar-refractivity contribution in [1.29, 1.82) is 0 Å². The van der Waals surface area contributed by atoms with E-state index in [0.717, 1.165) is 16.5 Å². The van der Waals surface area contributed by atoms with E-state index in [2.05, 4.69) is 20.9 Å². The number of carbonyl (C=O) groups excluding carboxylic acids is 3. The molecule has 5 N–H and O–H groups in total. The van der Waals surface area contributed by atoms with Crippen molar-refractivity contribution in [3.63, 3.8) is 0 Å². The predicted octanol–water partition coefficient (Wildman–Crippen LogP) is 1.31. The summed E-state index contributed by atoms with van der Waals surface area (Å²) < 4.78 is 5.26. The molecule has 0 unspecified atom stereocenters. The number of carboxylic acid groups (broad SMARTS) is 1. The fraction of sp³-hybridized carbons (Fsp3) is 0.429. The summed E-state index contributed by atoms with van der Waals surface area (Å²) in [4.78, 5) is 50.9. The van der Waals surface area contributed by atoms with Crippen LogP contribution in [0.3, 0.4) is 0 Å². The highest BCUT2D eigenvalue weighted by molar-refractivity contribution is 5.93. The zero-order valence-corrected chi connectivity index (χ0v) is 17.9. The van der Waals surface area contributed by atoms with Crippen LogP contribution in [0.4, 0.5) is 4.79 Å². The van der Waals surface area contributed by atoms with Crippen LogP contribution in [0.5, 0.6) is 0 Å². The first-order valence-electron chi connectivity index (χ1n) is 9.80. The first kappa shape index (κ1) is 23.7. The largest absolute Gasteiger partial charge is 0.480 e. The molecule has 0 aliphatic rings. The molecule has 168 valence electrons. The minimum Gasteiger partial charge on any atom is -0.480 e. The highest BCUT2D eigenvalue weighted by Gasteiger charge is 2.27. The maximum atomic E-state index is 12.9. The average molecular weight is 432 g/mol. The van der Waals surface area contributed by atoms with Gasteiger partial charge in [0.05, 0.1) is 0 Å². The summed E-state index contributed by atoms with van der Waals surface area (Å²) in [6, 6.07) is 5.51. The molecule has 0 spiro atoms. The standard InChI is InChI=1S/C21H28N4O6/c1-12(18(28)23-11-17(26)27)24-19(29)16(25-20(30)31-21(2,3)4)9-13-10-22-15-8-6-5-7-14(13)15/h5-8,10,12,16,22H,9,11H2,1-4H3,(H,23,28)(H,24,29)(H,25,30)(H,26,27)/t12-,16-/m0/s1. The Labute approximate surface area is 179 Å².